The zero-order valence-electron chi connectivity index (χ0n) is 12.1. The highest BCUT2D eigenvalue weighted by Crippen LogP contribution is 2.23. The molecule has 0 saturated carbocycles. The van der Waals surface area contributed by atoms with E-state index in [4.69, 9.17) is 27.9 Å². The van der Waals surface area contributed by atoms with Crippen LogP contribution in [0.3, 0.4) is 0 Å². The second kappa shape index (κ2) is 8.28. The topological polar surface area (TPSA) is 93.8 Å². The third-order valence-electron chi connectivity index (χ3n) is 2.78. The molecule has 2 rings (SSSR count). The minimum absolute atomic E-state index is 0.130. The summed E-state index contributed by atoms with van der Waals surface area (Å²) in [4.78, 5) is 21.8. The Kier molecular flexibility index (Phi) is 6.11. The van der Waals surface area contributed by atoms with Crippen molar-refractivity contribution in [1.29, 1.82) is 0 Å². The molecule has 0 radical (unpaired) electrons. The van der Waals surface area contributed by atoms with E-state index in [2.05, 4.69) is 10.5 Å². The van der Waals surface area contributed by atoms with E-state index < -0.39 is 10.8 Å². The van der Waals surface area contributed by atoms with Crippen LogP contribution in [0.2, 0.25) is 10.0 Å². The van der Waals surface area contributed by atoms with Crippen molar-refractivity contribution < 1.29 is 14.5 Å². The van der Waals surface area contributed by atoms with Gasteiger partial charge in [-0.2, -0.15) is 5.10 Å². The molecular formula is C15H11Cl2N3O4. The van der Waals surface area contributed by atoms with Gasteiger partial charge in [0.2, 0.25) is 0 Å². The first-order valence-corrected chi connectivity index (χ1v) is 7.36. The smallest absolute Gasteiger partial charge is 0.277 e. The first-order valence-electron chi connectivity index (χ1n) is 6.60. The fourth-order valence-corrected chi connectivity index (χ4v) is 2.01. The van der Waals surface area contributed by atoms with E-state index in [1.165, 1.54) is 24.4 Å². The number of carbonyl (C=O) groups is 1. The Morgan fingerprint density at radius 3 is 2.71 bits per heavy atom. The van der Waals surface area contributed by atoms with Crippen LogP contribution in [0.15, 0.2) is 47.6 Å². The number of carbonyl (C=O) groups excluding carboxylic acids is 1. The number of hydrogen-bond donors (Lipinski definition) is 1. The van der Waals surface area contributed by atoms with Crippen LogP contribution in [-0.4, -0.2) is 23.7 Å². The Labute approximate surface area is 147 Å². The number of nitro benzene ring substituents is 1. The molecule has 1 amide bonds. The number of ether oxygens (including phenoxy) is 1. The summed E-state index contributed by atoms with van der Waals surface area (Å²) in [6.07, 6.45) is 1.21. The Bertz CT molecular complexity index is 796. The number of benzene rings is 2. The molecule has 0 aliphatic rings. The number of halogens is 2. The molecular weight excluding hydrogens is 357 g/mol. The van der Waals surface area contributed by atoms with E-state index in [0.717, 1.165) is 0 Å². The van der Waals surface area contributed by atoms with Gasteiger partial charge in [0, 0.05) is 22.7 Å². The highest BCUT2D eigenvalue weighted by Gasteiger charge is 2.08. The molecule has 24 heavy (non-hydrogen) atoms. The summed E-state index contributed by atoms with van der Waals surface area (Å²) in [5.41, 5.74) is 2.40. The number of hydrogen-bond acceptors (Lipinski definition) is 5. The van der Waals surface area contributed by atoms with Crippen molar-refractivity contribution in [2.45, 2.75) is 0 Å². The third-order valence-corrected chi connectivity index (χ3v) is 3.44. The number of para-hydroxylation sites is 1. The molecule has 0 aliphatic heterocycles. The van der Waals surface area contributed by atoms with Crippen LogP contribution >= 0.6 is 23.2 Å². The van der Waals surface area contributed by atoms with Gasteiger partial charge in [0.15, 0.2) is 6.61 Å². The molecule has 0 aliphatic carbocycles. The lowest BCUT2D eigenvalue weighted by Crippen LogP contribution is -2.24. The molecule has 9 heteroatoms. The van der Waals surface area contributed by atoms with Crippen molar-refractivity contribution >= 4 is 41.0 Å². The second-order valence-electron chi connectivity index (χ2n) is 4.48. The number of nitrogens with one attached hydrogen (secondary N) is 1. The quantitative estimate of drug-likeness (QED) is 0.480. The Hall–Kier alpha value is -2.64. The molecule has 0 atom stereocenters. The maximum absolute atomic E-state index is 11.6. The maximum Gasteiger partial charge on any atom is 0.277 e. The van der Waals surface area contributed by atoms with E-state index >= 15 is 0 Å². The molecule has 0 bridgehead atoms. The van der Waals surface area contributed by atoms with Gasteiger partial charge in [-0.3, -0.25) is 14.9 Å². The summed E-state index contributed by atoms with van der Waals surface area (Å²) in [7, 11) is 0. The van der Waals surface area contributed by atoms with Crippen LogP contribution < -0.4 is 10.2 Å². The minimum atomic E-state index is -0.552. The summed E-state index contributed by atoms with van der Waals surface area (Å²) >= 11 is 11.8. The van der Waals surface area contributed by atoms with Crippen LogP contribution in [0.25, 0.3) is 0 Å². The van der Waals surface area contributed by atoms with Gasteiger partial charge in [-0.1, -0.05) is 35.3 Å². The van der Waals surface area contributed by atoms with Gasteiger partial charge < -0.3 is 4.74 Å². The zero-order chi connectivity index (χ0) is 17.5. The van der Waals surface area contributed by atoms with Gasteiger partial charge in [-0.15, -0.1) is 0 Å². The van der Waals surface area contributed by atoms with Gasteiger partial charge in [0.1, 0.15) is 5.75 Å². The summed E-state index contributed by atoms with van der Waals surface area (Å²) in [5.74, 6) is -0.146. The molecule has 0 spiro atoms. The first kappa shape index (κ1) is 17.7. The standard InChI is InChI=1S/C15H11Cl2N3O4/c16-12-6-5-11(20(22)23)7-10(12)8-18-19-15(21)9-24-14-4-2-1-3-13(14)17/h1-8H,9H2,(H,19,21)/b18-8+. The van der Waals surface area contributed by atoms with Gasteiger partial charge in [0.25, 0.3) is 11.6 Å². The number of non-ortho nitro benzene ring substituents is 1. The number of hydrazone groups is 1. The Morgan fingerprint density at radius 1 is 1.25 bits per heavy atom. The van der Waals surface area contributed by atoms with Crippen molar-refractivity contribution in [3.8, 4) is 5.75 Å². The van der Waals surface area contributed by atoms with E-state index in [1.807, 2.05) is 0 Å². The molecule has 0 heterocycles. The predicted octanol–water partition coefficient (Wildman–Crippen LogP) is 3.43. The van der Waals surface area contributed by atoms with Gasteiger partial charge in [0.05, 0.1) is 16.2 Å². The number of nitrogens with zero attached hydrogens (tertiary/aromatic N) is 2. The average molecular weight is 368 g/mol. The first-order chi connectivity index (χ1) is 11.5. The molecule has 7 nitrogen and oxygen atoms in total. The molecule has 1 N–H and O–H groups in total. The lowest BCUT2D eigenvalue weighted by Gasteiger charge is -2.06. The lowest BCUT2D eigenvalue weighted by atomic mass is 10.2. The van der Waals surface area contributed by atoms with Crippen LogP contribution in [0.1, 0.15) is 5.56 Å². The van der Waals surface area contributed by atoms with Crippen molar-refractivity contribution in [3.05, 3.63) is 68.2 Å². The number of nitro groups is 1. The summed E-state index contributed by atoms with van der Waals surface area (Å²) in [6.45, 7) is -0.288. The van der Waals surface area contributed by atoms with Crippen LogP contribution in [0.4, 0.5) is 5.69 Å². The van der Waals surface area contributed by atoms with Gasteiger partial charge >= 0.3 is 0 Å². The van der Waals surface area contributed by atoms with Gasteiger partial charge in [-0.05, 0) is 18.2 Å². The van der Waals surface area contributed by atoms with Crippen LogP contribution in [-0.2, 0) is 4.79 Å². The van der Waals surface area contributed by atoms with Crippen LogP contribution in [0.5, 0.6) is 5.75 Å². The normalized spacial score (nSPS) is 10.6. The molecule has 124 valence electrons. The molecule has 2 aromatic carbocycles. The molecule has 0 fully saturated rings. The van der Waals surface area contributed by atoms with Crippen molar-refractivity contribution in [1.82, 2.24) is 5.43 Å². The maximum atomic E-state index is 11.6. The predicted molar refractivity (Wildman–Crippen MR) is 90.8 cm³/mol. The van der Waals surface area contributed by atoms with Crippen LogP contribution in [0, 0.1) is 10.1 Å². The van der Waals surface area contributed by atoms with Gasteiger partial charge in [-0.25, -0.2) is 5.43 Å². The highest BCUT2D eigenvalue weighted by atomic mass is 35.5. The summed E-state index contributed by atoms with van der Waals surface area (Å²) in [5, 5.41) is 15.1. The SMILES string of the molecule is O=C(COc1ccccc1Cl)N/N=C/c1cc([N+](=O)[O-])ccc1Cl. The van der Waals surface area contributed by atoms with E-state index in [0.29, 0.717) is 16.3 Å². The summed E-state index contributed by atoms with van der Waals surface area (Å²) < 4.78 is 5.24. The Morgan fingerprint density at radius 2 is 2.00 bits per heavy atom. The van der Waals surface area contributed by atoms with Crippen molar-refractivity contribution in [3.63, 3.8) is 0 Å². The van der Waals surface area contributed by atoms with Crippen molar-refractivity contribution in [2.75, 3.05) is 6.61 Å². The zero-order valence-corrected chi connectivity index (χ0v) is 13.6. The third kappa shape index (κ3) is 4.94. The Balaban J connectivity index is 1.92. The summed E-state index contributed by atoms with van der Waals surface area (Å²) in [6, 6.07) is 10.6. The molecule has 0 aromatic heterocycles. The number of amides is 1. The number of rotatable bonds is 6. The minimum Gasteiger partial charge on any atom is -0.482 e. The fourth-order valence-electron chi connectivity index (χ4n) is 1.65. The highest BCUT2D eigenvalue weighted by molar-refractivity contribution is 6.33. The van der Waals surface area contributed by atoms with E-state index in [1.54, 1.807) is 24.3 Å². The van der Waals surface area contributed by atoms with Crippen molar-refractivity contribution in [2.24, 2.45) is 5.10 Å². The monoisotopic (exact) mass is 367 g/mol. The molecule has 2 aromatic rings. The second-order valence-corrected chi connectivity index (χ2v) is 5.29. The lowest BCUT2D eigenvalue weighted by molar-refractivity contribution is -0.384. The average Bonchev–Trinajstić information content (AvgIpc) is 2.55. The molecule has 0 saturated heterocycles. The largest absolute Gasteiger partial charge is 0.482 e. The van der Waals surface area contributed by atoms with E-state index in [9.17, 15) is 14.9 Å². The molecule has 0 unspecified atom stereocenters. The van der Waals surface area contributed by atoms with E-state index in [-0.39, 0.29) is 17.3 Å². The fraction of sp³-hybridized carbons (Fsp3) is 0.0667.